The minimum Gasteiger partial charge on any atom is -0.463 e. The molecule has 1 aliphatic rings. The number of esters is 1. The van der Waals surface area contributed by atoms with Gasteiger partial charge in [-0.1, -0.05) is 34.1 Å². The molecule has 32 heavy (non-hydrogen) atoms. The summed E-state index contributed by atoms with van der Waals surface area (Å²) < 4.78 is 4.75. The lowest BCUT2D eigenvalue weighted by molar-refractivity contribution is -0.144. The van der Waals surface area contributed by atoms with Crippen molar-refractivity contribution >= 4 is 23.3 Å². The topological polar surface area (TPSA) is 97.7 Å². The van der Waals surface area contributed by atoms with Crippen LogP contribution < -0.4 is 0 Å². The summed E-state index contributed by atoms with van der Waals surface area (Å²) in [5.41, 5.74) is -0.381. The van der Waals surface area contributed by atoms with Gasteiger partial charge in [0.2, 0.25) is 0 Å². The number of rotatable bonds is 14. The van der Waals surface area contributed by atoms with Crippen LogP contribution in [0.2, 0.25) is 0 Å². The van der Waals surface area contributed by atoms with Gasteiger partial charge in [-0.2, -0.15) is 0 Å². The first kappa shape index (κ1) is 28.5. The van der Waals surface area contributed by atoms with Crippen molar-refractivity contribution in [3.63, 3.8) is 0 Å². The Labute approximate surface area is 193 Å². The number of carbonyl (C=O) groups excluding carboxylic acids is 4. The van der Waals surface area contributed by atoms with Gasteiger partial charge < -0.3 is 14.6 Å². The van der Waals surface area contributed by atoms with Crippen LogP contribution in [-0.4, -0.2) is 41.1 Å². The first-order valence-electron chi connectivity index (χ1n) is 12.1. The zero-order valence-corrected chi connectivity index (χ0v) is 21.0. The van der Waals surface area contributed by atoms with Crippen LogP contribution in [0.15, 0.2) is 0 Å². The van der Waals surface area contributed by atoms with Gasteiger partial charge in [0.1, 0.15) is 24.0 Å². The molecule has 0 aliphatic heterocycles. The van der Waals surface area contributed by atoms with Crippen LogP contribution in [0.3, 0.4) is 0 Å². The van der Waals surface area contributed by atoms with Crippen LogP contribution in [0.5, 0.6) is 0 Å². The van der Waals surface area contributed by atoms with Gasteiger partial charge in [-0.25, -0.2) is 0 Å². The van der Waals surface area contributed by atoms with Crippen LogP contribution in [0, 0.1) is 22.7 Å². The first-order valence-corrected chi connectivity index (χ1v) is 12.1. The molecule has 0 amide bonds. The Morgan fingerprint density at radius 3 is 2.25 bits per heavy atom. The van der Waals surface area contributed by atoms with E-state index in [9.17, 15) is 24.3 Å². The third-order valence-electron chi connectivity index (χ3n) is 7.33. The number of ether oxygens (including phenoxy) is 1. The monoisotopic (exact) mass is 452 g/mol. The fourth-order valence-electron chi connectivity index (χ4n) is 5.39. The van der Waals surface area contributed by atoms with E-state index in [0.717, 1.165) is 25.7 Å². The normalized spacial score (nSPS) is 24.4. The zero-order valence-electron chi connectivity index (χ0n) is 21.0. The number of ketones is 3. The standard InChI is InChI=1S/C26H44O6/c1-18(16-21(29)10-11-22(30)17-32-20(3)28)8-13-24(31)26(6)15-7-14-25(4,5)23(26)12-9-19(2)27/h18,22-23,30H,7-17H2,1-6H3. The minimum atomic E-state index is -0.832. The summed E-state index contributed by atoms with van der Waals surface area (Å²) in [5.74, 6) is 0.313. The zero-order chi connectivity index (χ0) is 24.5. The molecule has 1 rings (SSSR count). The van der Waals surface area contributed by atoms with Crippen molar-refractivity contribution in [3.05, 3.63) is 0 Å². The molecule has 0 aromatic carbocycles. The van der Waals surface area contributed by atoms with E-state index in [0.29, 0.717) is 25.7 Å². The van der Waals surface area contributed by atoms with Crippen LogP contribution in [-0.2, 0) is 23.9 Å². The molecule has 4 atom stereocenters. The molecule has 6 nitrogen and oxygen atoms in total. The van der Waals surface area contributed by atoms with Gasteiger partial charge >= 0.3 is 5.97 Å². The van der Waals surface area contributed by atoms with E-state index in [4.69, 9.17) is 4.74 Å². The molecule has 0 heterocycles. The van der Waals surface area contributed by atoms with Gasteiger partial charge in [-0.15, -0.1) is 0 Å². The van der Waals surface area contributed by atoms with E-state index < -0.39 is 17.5 Å². The van der Waals surface area contributed by atoms with Gasteiger partial charge in [0.05, 0.1) is 6.10 Å². The molecular weight excluding hydrogens is 408 g/mol. The Hall–Kier alpha value is -1.56. The second-order valence-corrected chi connectivity index (χ2v) is 10.9. The largest absolute Gasteiger partial charge is 0.463 e. The van der Waals surface area contributed by atoms with Crippen LogP contribution in [0.4, 0.5) is 0 Å². The number of carbonyl (C=O) groups is 4. The molecule has 0 bridgehead atoms. The summed E-state index contributed by atoms with van der Waals surface area (Å²) in [6, 6.07) is 0. The Morgan fingerprint density at radius 2 is 1.66 bits per heavy atom. The van der Waals surface area contributed by atoms with E-state index in [2.05, 4.69) is 20.8 Å². The fraction of sp³-hybridized carbons (Fsp3) is 0.846. The number of aliphatic hydroxyl groups excluding tert-OH is 1. The molecule has 184 valence electrons. The Bertz CT molecular complexity index is 667. The third kappa shape index (κ3) is 9.13. The van der Waals surface area contributed by atoms with Gasteiger partial charge in [0.25, 0.3) is 0 Å². The van der Waals surface area contributed by atoms with E-state index in [-0.39, 0.29) is 54.0 Å². The molecule has 1 saturated carbocycles. The second-order valence-electron chi connectivity index (χ2n) is 10.9. The molecule has 1 N–H and O–H groups in total. The lowest BCUT2D eigenvalue weighted by Gasteiger charge is -2.50. The highest BCUT2D eigenvalue weighted by atomic mass is 16.5. The SMILES string of the molecule is CC(=O)CCC1C(C)(C)CCCC1(C)C(=O)CCC(C)CC(=O)CCC(O)COC(C)=O. The average Bonchev–Trinajstić information content (AvgIpc) is 2.67. The highest BCUT2D eigenvalue weighted by Gasteiger charge is 2.49. The van der Waals surface area contributed by atoms with E-state index in [1.165, 1.54) is 6.92 Å². The highest BCUT2D eigenvalue weighted by Crippen LogP contribution is 2.54. The van der Waals surface area contributed by atoms with E-state index in [1.54, 1.807) is 6.92 Å². The van der Waals surface area contributed by atoms with Crippen molar-refractivity contribution in [2.24, 2.45) is 22.7 Å². The lowest BCUT2D eigenvalue weighted by Crippen LogP contribution is -2.47. The van der Waals surface area contributed by atoms with E-state index in [1.807, 2.05) is 6.92 Å². The molecule has 6 heteroatoms. The summed E-state index contributed by atoms with van der Waals surface area (Å²) in [4.78, 5) is 48.0. The Kier molecular flexibility index (Phi) is 11.2. The highest BCUT2D eigenvalue weighted by molar-refractivity contribution is 5.85. The van der Waals surface area contributed by atoms with Crippen molar-refractivity contribution in [1.82, 2.24) is 0 Å². The minimum absolute atomic E-state index is 0.0344. The van der Waals surface area contributed by atoms with Crippen molar-refractivity contribution in [2.45, 2.75) is 112 Å². The molecule has 0 radical (unpaired) electrons. The second kappa shape index (κ2) is 12.6. The average molecular weight is 453 g/mol. The van der Waals surface area contributed by atoms with Crippen LogP contribution in [0.25, 0.3) is 0 Å². The van der Waals surface area contributed by atoms with Gasteiger partial charge in [-0.3, -0.25) is 14.4 Å². The predicted octanol–water partition coefficient (Wildman–Crippen LogP) is 4.84. The number of hydrogen-bond acceptors (Lipinski definition) is 6. The third-order valence-corrected chi connectivity index (χ3v) is 7.33. The molecule has 4 unspecified atom stereocenters. The van der Waals surface area contributed by atoms with Crippen molar-refractivity contribution in [1.29, 1.82) is 0 Å². The summed E-state index contributed by atoms with van der Waals surface area (Å²) in [7, 11) is 0. The molecule has 1 fully saturated rings. The molecule has 0 aromatic heterocycles. The van der Waals surface area contributed by atoms with Gasteiger partial charge in [0, 0.05) is 38.0 Å². The maximum atomic E-state index is 13.4. The quantitative estimate of drug-likeness (QED) is 0.379. The molecule has 0 aromatic rings. The molecule has 1 aliphatic carbocycles. The Balaban J connectivity index is 2.56. The smallest absolute Gasteiger partial charge is 0.302 e. The van der Waals surface area contributed by atoms with Crippen LogP contribution in [0.1, 0.15) is 106 Å². The van der Waals surface area contributed by atoms with Crippen molar-refractivity contribution in [2.75, 3.05) is 6.61 Å². The summed E-state index contributed by atoms with van der Waals surface area (Å²) >= 11 is 0. The van der Waals surface area contributed by atoms with Gasteiger partial charge in [-0.05, 0) is 56.3 Å². The number of hydrogen-bond donors (Lipinski definition) is 1. The van der Waals surface area contributed by atoms with Crippen molar-refractivity contribution < 1.29 is 29.0 Å². The molecule has 0 spiro atoms. The number of aliphatic hydroxyl groups is 1. The van der Waals surface area contributed by atoms with Gasteiger partial charge in [0.15, 0.2) is 0 Å². The van der Waals surface area contributed by atoms with E-state index >= 15 is 0 Å². The molecular formula is C26H44O6. The maximum absolute atomic E-state index is 13.4. The summed E-state index contributed by atoms with van der Waals surface area (Å²) in [5, 5.41) is 9.78. The summed E-state index contributed by atoms with van der Waals surface area (Å²) in [6.07, 6.45) is 5.41. The predicted molar refractivity (Wildman–Crippen MR) is 124 cm³/mol. The molecule has 0 saturated heterocycles. The summed E-state index contributed by atoms with van der Waals surface area (Å²) in [6.45, 7) is 11.3. The number of Topliss-reactive ketones (excluding diaryl/α,β-unsaturated/α-hetero) is 3. The fourth-order valence-corrected chi connectivity index (χ4v) is 5.39. The Morgan fingerprint density at radius 1 is 1.00 bits per heavy atom. The maximum Gasteiger partial charge on any atom is 0.302 e. The van der Waals surface area contributed by atoms with Crippen LogP contribution >= 0.6 is 0 Å². The lowest BCUT2D eigenvalue weighted by atomic mass is 9.53. The first-order chi connectivity index (χ1) is 14.8. The van der Waals surface area contributed by atoms with Crippen molar-refractivity contribution in [3.8, 4) is 0 Å².